The number of amides is 1. The molecule has 0 radical (unpaired) electrons. The van der Waals surface area contributed by atoms with Crippen molar-refractivity contribution >= 4 is 45.7 Å². The minimum absolute atomic E-state index is 0.0310. The summed E-state index contributed by atoms with van der Waals surface area (Å²) in [5, 5.41) is 2.00. The molecule has 162 valence electrons. The monoisotopic (exact) mass is 459 g/mol. The molecule has 2 heterocycles. The molecule has 7 heteroatoms. The number of hydrogen-bond acceptors (Lipinski definition) is 4. The van der Waals surface area contributed by atoms with E-state index in [0.29, 0.717) is 54.3 Å². The van der Waals surface area contributed by atoms with Crippen LogP contribution in [0.3, 0.4) is 0 Å². The van der Waals surface area contributed by atoms with Crippen molar-refractivity contribution in [1.29, 1.82) is 0 Å². The first-order chi connectivity index (χ1) is 15.0. The molecule has 31 heavy (non-hydrogen) atoms. The third-order valence-corrected chi connectivity index (χ3v) is 5.83. The fourth-order valence-electron chi connectivity index (χ4n) is 3.69. The SMILES string of the molecule is CCOc1cc2occ(-c3ccc(Cl)cc3Cl)c2cc1/C(C)=C/C(=O)N1CCOCC1. The second-order valence-corrected chi connectivity index (χ2v) is 8.16. The molecule has 0 atom stereocenters. The van der Waals surface area contributed by atoms with Gasteiger partial charge in [-0.1, -0.05) is 29.3 Å². The number of nitrogens with zero attached hydrogens (tertiary/aromatic N) is 1. The molecular weight excluding hydrogens is 437 g/mol. The van der Waals surface area contributed by atoms with Crippen molar-refractivity contribution in [2.24, 2.45) is 0 Å². The third-order valence-electron chi connectivity index (χ3n) is 5.28. The highest BCUT2D eigenvalue weighted by Crippen LogP contribution is 2.40. The van der Waals surface area contributed by atoms with Gasteiger partial charge in [-0.2, -0.15) is 0 Å². The van der Waals surface area contributed by atoms with Crippen LogP contribution in [-0.2, 0) is 9.53 Å². The molecule has 3 aromatic rings. The molecule has 1 aromatic heterocycles. The zero-order chi connectivity index (χ0) is 22.0. The fourth-order valence-corrected chi connectivity index (χ4v) is 4.20. The van der Waals surface area contributed by atoms with E-state index in [4.69, 9.17) is 37.1 Å². The fraction of sp³-hybridized carbons (Fsp3) is 0.292. The Hall–Kier alpha value is -2.47. The highest BCUT2D eigenvalue weighted by molar-refractivity contribution is 6.36. The Morgan fingerprint density at radius 2 is 1.94 bits per heavy atom. The lowest BCUT2D eigenvalue weighted by Crippen LogP contribution is -2.39. The number of benzene rings is 2. The van der Waals surface area contributed by atoms with E-state index in [0.717, 1.165) is 27.6 Å². The number of ether oxygens (including phenoxy) is 2. The first kappa shape index (κ1) is 21.8. The molecule has 1 aliphatic heterocycles. The number of fused-ring (bicyclic) bond motifs is 1. The summed E-state index contributed by atoms with van der Waals surface area (Å²) in [6.07, 6.45) is 3.33. The van der Waals surface area contributed by atoms with E-state index in [2.05, 4.69) is 0 Å². The number of rotatable bonds is 5. The van der Waals surface area contributed by atoms with Gasteiger partial charge in [0.1, 0.15) is 11.3 Å². The molecule has 5 nitrogen and oxygen atoms in total. The van der Waals surface area contributed by atoms with Crippen molar-refractivity contribution in [2.75, 3.05) is 32.9 Å². The number of halogens is 2. The Labute approximate surface area is 191 Å². The largest absolute Gasteiger partial charge is 0.493 e. The summed E-state index contributed by atoms with van der Waals surface area (Å²) < 4.78 is 17.0. The van der Waals surface area contributed by atoms with Gasteiger partial charge in [0.15, 0.2) is 0 Å². The van der Waals surface area contributed by atoms with Gasteiger partial charge in [0, 0.05) is 52.3 Å². The molecule has 0 aliphatic carbocycles. The number of carbonyl (C=O) groups excluding carboxylic acids is 1. The average molecular weight is 460 g/mol. The van der Waals surface area contributed by atoms with Crippen molar-refractivity contribution in [2.45, 2.75) is 13.8 Å². The number of allylic oxidation sites excluding steroid dienone is 1. The van der Waals surface area contributed by atoms with Gasteiger partial charge in [-0.25, -0.2) is 0 Å². The molecule has 0 N–H and O–H groups in total. The Balaban J connectivity index is 1.78. The predicted molar refractivity (Wildman–Crippen MR) is 124 cm³/mol. The van der Waals surface area contributed by atoms with E-state index < -0.39 is 0 Å². The van der Waals surface area contributed by atoms with Gasteiger partial charge in [-0.3, -0.25) is 4.79 Å². The Kier molecular flexibility index (Phi) is 6.56. The molecule has 1 aliphatic rings. The van der Waals surface area contributed by atoms with Crippen LogP contribution < -0.4 is 4.74 Å². The summed E-state index contributed by atoms with van der Waals surface area (Å²) in [4.78, 5) is 14.5. The normalized spacial score (nSPS) is 14.8. The van der Waals surface area contributed by atoms with Crippen molar-refractivity contribution < 1.29 is 18.7 Å². The van der Waals surface area contributed by atoms with Gasteiger partial charge in [0.2, 0.25) is 5.91 Å². The van der Waals surface area contributed by atoms with Gasteiger partial charge < -0.3 is 18.8 Å². The molecular formula is C24H23Cl2NO4. The van der Waals surface area contributed by atoms with E-state index in [1.165, 1.54) is 0 Å². The highest BCUT2D eigenvalue weighted by Gasteiger charge is 2.19. The maximum atomic E-state index is 12.7. The summed E-state index contributed by atoms with van der Waals surface area (Å²) in [5.74, 6) is 0.637. The van der Waals surface area contributed by atoms with Crippen LogP contribution in [-0.4, -0.2) is 43.7 Å². The summed E-state index contributed by atoms with van der Waals surface area (Å²) in [6, 6.07) is 9.22. The summed E-state index contributed by atoms with van der Waals surface area (Å²) in [7, 11) is 0. The number of morpholine rings is 1. The van der Waals surface area contributed by atoms with Crippen LogP contribution in [0.5, 0.6) is 5.75 Å². The van der Waals surface area contributed by atoms with Crippen LogP contribution in [0.1, 0.15) is 19.4 Å². The van der Waals surface area contributed by atoms with Crippen LogP contribution in [0.2, 0.25) is 10.0 Å². The zero-order valence-electron chi connectivity index (χ0n) is 17.4. The van der Waals surface area contributed by atoms with Crippen molar-refractivity contribution in [3.8, 4) is 16.9 Å². The molecule has 1 fully saturated rings. The average Bonchev–Trinajstić information content (AvgIpc) is 3.16. The Bertz CT molecular complexity index is 1150. The van der Waals surface area contributed by atoms with Crippen LogP contribution in [0.25, 0.3) is 27.7 Å². The van der Waals surface area contributed by atoms with Crippen molar-refractivity contribution in [3.63, 3.8) is 0 Å². The maximum absolute atomic E-state index is 12.7. The topological polar surface area (TPSA) is 51.9 Å². The van der Waals surface area contributed by atoms with Gasteiger partial charge in [0.05, 0.1) is 31.1 Å². The van der Waals surface area contributed by atoms with Gasteiger partial charge in [0.25, 0.3) is 0 Å². The molecule has 2 aromatic carbocycles. The van der Waals surface area contributed by atoms with Crippen LogP contribution >= 0.6 is 23.2 Å². The van der Waals surface area contributed by atoms with E-state index in [1.54, 1.807) is 29.4 Å². The maximum Gasteiger partial charge on any atom is 0.247 e. The molecule has 4 rings (SSSR count). The predicted octanol–water partition coefficient (Wildman–Crippen LogP) is 6.07. The lowest BCUT2D eigenvalue weighted by atomic mass is 9.99. The second-order valence-electron chi connectivity index (χ2n) is 7.32. The molecule has 1 amide bonds. The quantitative estimate of drug-likeness (QED) is 0.434. The van der Waals surface area contributed by atoms with E-state index in [1.807, 2.05) is 32.0 Å². The highest BCUT2D eigenvalue weighted by atomic mass is 35.5. The lowest BCUT2D eigenvalue weighted by Gasteiger charge is -2.26. The smallest absolute Gasteiger partial charge is 0.247 e. The zero-order valence-corrected chi connectivity index (χ0v) is 18.9. The Morgan fingerprint density at radius 3 is 2.65 bits per heavy atom. The van der Waals surface area contributed by atoms with Gasteiger partial charge in [-0.05, 0) is 37.6 Å². The number of furan rings is 1. The summed E-state index contributed by atoms with van der Waals surface area (Å²) in [5.41, 5.74) is 4.01. The second kappa shape index (κ2) is 9.35. The molecule has 0 saturated carbocycles. The standard InChI is InChI=1S/C24H23Cl2NO4/c1-3-30-22-13-23-19(20(14-31-23)17-5-4-16(25)11-21(17)26)12-18(22)15(2)10-24(28)27-6-8-29-9-7-27/h4-5,10-14H,3,6-9H2,1-2H3/b15-10+. The number of hydrogen-bond donors (Lipinski definition) is 0. The van der Waals surface area contributed by atoms with E-state index in [-0.39, 0.29) is 5.91 Å². The van der Waals surface area contributed by atoms with Crippen molar-refractivity contribution in [3.05, 3.63) is 58.3 Å². The van der Waals surface area contributed by atoms with Gasteiger partial charge >= 0.3 is 0 Å². The van der Waals surface area contributed by atoms with E-state index >= 15 is 0 Å². The third kappa shape index (κ3) is 4.59. The lowest BCUT2D eigenvalue weighted by molar-refractivity contribution is -0.129. The first-order valence-corrected chi connectivity index (χ1v) is 10.9. The first-order valence-electron chi connectivity index (χ1n) is 10.2. The molecule has 0 unspecified atom stereocenters. The molecule has 0 bridgehead atoms. The minimum Gasteiger partial charge on any atom is -0.493 e. The molecule has 1 saturated heterocycles. The van der Waals surface area contributed by atoms with Crippen LogP contribution in [0, 0.1) is 0 Å². The number of carbonyl (C=O) groups is 1. The van der Waals surface area contributed by atoms with E-state index in [9.17, 15) is 4.79 Å². The van der Waals surface area contributed by atoms with Gasteiger partial charge in [-0.15, -0.1) is 0 Å². The molecule has 0 spiro atoms. The van der Waals surface area contributed by atoms with Crippen LogP contribution in [0.4, 0.5) is 0 Å². The van der Waals surface area contributed by atoms with Crippen molar-refractivity contribution in [1.82, 2.24) is 4.90 Å². The Morgan fingerprint density at radius 1 is 1.16 bits per heavy atom. The summed E-state index contributed by atoms with van der Waals surface area (Å²) in [6.45, 7) is 6.66. The van der Waals surface area contributed by atoms with Crippen LogP contribution in [0.15, 0.2) is 47.1 Å². The summed E-state index contributed by atoms with van der Waals surface area (Å²) >= 11 is 12.5. The minimum atomic E-state index is -0.0310.